The molecule has 0 bridgehead atoms. The van der Waals surface area contributed by atoms with Gasteiger partial charge in [0.2, 0.25) is 17.7 Å². The Balaban J connectivity index is 2.00. The lowest BCUT2D eigenvalue weighted by Gasteiger charge is -2.40. The van der Waals surface area contributed by atoms with Crippen LogP contribution < -0.4 is 10.1 Å². The average Bonchev–Trinajstić information content (AvgIpc) is 2.64. The number of carbonyl (C=O) groups excluding carboxylic acids is 3. The van der Waals surface area contributed by atoms with E-state index in [2.05, 4.69) is 5.32 Å². The van der Waals surface area contributed by atoms with Crippen LogP contribution in [0.1, 0.15) is 18.9 Å². The van der Waals surface area contributed by atoms with E-state index in [0.717, 1.165) is 11.3 Å². The lowest BCUT2D eigenvalue weighted by atomic mass is 10.1. The molecule has 7 nitrogen and oxygen atoms in total. The highest BCUT2D eigenvalue weighted by atomic mass is 16.5. The van der Waals surface area contributed by atoms with Crippen LogP contribution in [0, 0.1) is 0 Å². The second-order valence-electron chi connectivity index (χ2n) is 5.99. The van der Waals surface area contributed by atoms with Gasteiger partial charge in [-0.1, -0.05) is 18.2 Å². The van der Waals surface area contributed by atoms with E-state index in [1.165, 1.54) is 18.9 Å². The Kier molecular flexibility index (Phi) is 6.38. The molecule has 1 aromatic carbocycles. The fourth-order valence-electron chi connectivity index (χ4n) is 3.09. The van der Waals surface area contributed by atoms with Crippen LogP contribution in [0.5, 0.6) is 5.75 Å². The van der Waals surface area contributed by atoms with Crippen LogP contribution in [0.15, 0.2) is 24.3 Å². The molecular weight excluding hydrogens is 322 g/mol. The summed E-state index contributed by atoms with van der Waals surface area (Å²) < 4.78 is 5.30. The van der Waals surface area contributed by atoms with Crippen molar-refractivity contribution in [3.05, 3.63) is 29.8 Å². The van der Waals surface area contributed by atoms with Gasteiger partial charge in [0, 0.05) is 33.5 Å². The normalized spacial score (nSPS) is 17.2. The Morgan fingerprint density at radius 1 is 1.24 bits per heavy atom. The van der Waals surface area contributed by atoms with E-state index in [4.69, 9.17) is 4.74 Å². The molecule has 1 aromatic rings. The first-order valence-corrected chi connectivity index (χ1v) is 8.36. The Hall–Kier alpha value is -2.57. The van der Waals surface area contributed by atoms with Gasteiger partial charge in [-0.05, 0) is 18.1 Å². The molecule has 25 heavy (non-hydrogen) atoms. The number of benzene rings is 1. The van der Waals surface area contributed by atoms with Crippen LogP contribution in [-0.2, 0) is 20.8 Å². The molecule has 1 aliphatic rings. The molecule has 1 saturated heterocycles. The molecular formula is C18H25N3O4. The van der Waals surface area contributed by atoms with Crippen molar-refractivity contribution in [2.24, 2.45) is 0 Å². The number of para-hydroxylation sites is 1. The van der Waals surface area contributed by atoms with E-state index in [0.29, 0.717) is 25.9 Å². The SMILES string of the molecule is CNC(=O)C1CN(C(=O)CCc2ccccc2OC)CCN1C(C)=O. The third kappa shape index (κ3) is 4.49. The zero-order valence-electron chi connectivity index (χ0n) is 14.9. The van der Waals surface area contributed by atoms with Crippen molar-refractivity contribution in [3.63, 3.8) is 0 Å². The smallest absolute Gasteiger partial charge is 0.244 e. The molecule has 0 saturated carbocycles. The number of nitrogens with zero attached hydrogens (tertiary/aromatic N) is 2. The highest BCUT2D eigenvalue weighted by molar-refractivity contribution is 5.88. The first kappa shape index (κ1) is 18.8. The summed E-state index contributed by atoms with van der Waals surface area (Å²) in [5.41, 5.74) is 0.976. The number of piperazine rings is 1. The van der Waals surface area contributed by atoms with Crippen LogP contribution in [0.3, 0.4) is 0 Å². The molecule has 0 aliphatic carbocycles. The minimum absolute atomic E-state index is 0.0250. The van der Waals surface area contributed by atoms with Gasteiger partial charge in [0.15, 0.2) is 0 Å². The second kappa shape index (κ2) is 8.50. The van der Waals surface area contributed by atoms with Gasteiger partial charge in [0.25, 0.3) is 0 Å². The van der Waals surface area contributed by atoms with Crippen LogP contribution in [0.25, 0.3) is 0 Å². The van der Waals surface area contributed by atoms with Crippen molar-refractivity contribution in [2.45, 2.75) is 25.8 Å². The van der Waals surface area contributed by atoms with Gasteiger partial charge in [-0.3, -0.25) is 14.4 Å². The number of methoxy groups -OCH3 is 1. The first-order chi connectivity index (χ1) is 12.0. The number of likely N-dealkylation sites (N-methyl/N-ethyl adjacent to an activating group) is 1. The van der Waals surface area contributed by atoms with Gasteiger partial charge in [0.1, 0.15) is 11.8 Å². The van der Waals surface area contributed by atoms with E-state index in [1.807, 2.05) is 24.3 Å². The minimum Gasteiger partial charge on any atom is -0.496 e. The molecule has 3 amide bonds. The van der Waals surface area contributed by atoms with Gasteiger partial charge in [-0.25, -0.2) is 0 Å². The Labute approximate surface area is 147 Å². The maximum atomic E-state index is 12.6. The summed E-state index contributed by atoms with van der Waals surface area (Å²) in [6, 6.07) is 6.97. The molecule has 1 heterocycles. The summed E-state index contributed by atoms with van der Waals surface area (Å²) in [5, 5.41) is 2.56. The summed E-state index contributed by atoms with van der Waals surface area (Å²) in [6.07, 6.45) is 0.904. The minimum atomic E-state index is -0.633. The molecule has 0 radical (unpaired) electrons. The number of amides is 3. The largest absolute Gasteiger partial charge is 0.496 e. The maximum absolute atomic E-state index is 12.6. The number of nitrogens with one attached hydrogen (secondary N) is 1. The third-order valence-corrected chi connectivity index (χ3v) is 4.49. The van der Waals surface area contributed by atoms with E-state index in [9.17, 15) is 14.4 Å². The summed E-state index contributed by atoms with van der Waals surface area (Å²) in [5.74, 6) is 0.329. The number of hydrogen-bond donors (Lipinski definition) is 1. The van der Waals surface area contributed by atoms with Crippen LogP contribution >= 0.6 is 0 Å². The van der Waals surface area contributed by atoms with Crippen molar-refractivity contribution >= 4 is 17.7 Å². The Morgan fingerprint density at radius 2 is 1.96 bits per heavy atom. The highest BCUT2D eigenvalue weighted by Gasteiger charge is 2.34. The van der Waals surface area contributed by atoms with Crippen molar-refractivity contribution in [1.82, 2.24) is 15.1 Å². The van der Waals surface area contributed by atoms with Crippen LogP contribution in [0.4, 0.5) is 0 Å². The summed E-state index contributed by atoms with van der Waals surface area (Å²) >= 11 is 0. The number of rotatable bonds is 5. The summed E-state index contributed by atoms with van der Waals surface area (Å²) in [4.78, 5) is 39.5. The molecule has 1 unspecified atom stereocenters. The first-order valence-electron chi connectivity index (χ1n) is 8.36. The summed E-state index contributed by atoms with van der Waals surface area (Å²) in [6.45, 7) is 2.48. The molecule has 2 rings (SSSR count). The standard InChI is InChI=1S/C18H25N3O4/c1-13(22)21-11-10-20(12-15(21)18(24)19-2)17(23)9-8-14-6-4-5-7-16(14)25-3/h4-7,15H,8-12H2,1-3H3,(H,19,24). The lowest BCUT2D eigenvalue weighted by Crippen LogP contribution is -2.60. The summed E-state index contributed by atoms with van der Waals surface area (Å²) in [7, 11) is 3.14. The topological polar surface area (TPSA) is 79.0 Å². The van der Waals surface area contributed by atoms with Gasteiger partial charge >= 0.3 is 0 Å². The van der Waals surface area contributed by atoms with E-state index < -0.39 is 6.04 Å². The van der Waals surface area contributed by atoms with Crippen molar-refractivity contribution < 1.29 is 19.1 Å². The number of ether oxygens (including phenoxy) is 1. The molecule has 7 heteroatoms. The molecule has 1 N–H and O–H groups in total. The Morgan fingerprint density at radius 3 is 2.60 bits per heavy atom. The second-order valence-corrected chi connectivity index (χ2v) is 5.99. The monoisotopic (exact) mass is 347 g/mol. The van der Waals surface area contributed by atoms with Gasteiger partial charge in [-0.15, -0.1) is 0 Å². The molecule has 136 valence electrons. The molecule has 0 spiro atoms. The van der Waals surface area contributed by atoms with Crippen molar-refractivity contribution in [2.75, 3.05) is 33.8 Å². The van der Waals surface area contributed by atoms with Gasteiger partial charge in [0.05, 0.1) is 13.7 Å². The van der Waals surface area contributed by atoms with Gasteiger partial charge in [-0.2, -0.15) is 0 Å². The molecule has 1 fully saturated rings. The number of aryl methyl sites for hydroxylation is 1. The zero-order valence-corrected chi connectivity index (χ0v) is 14.9. The van der Waals surface area contributed by atoms with E-state index >= 15 is 0 Å². The van der Waals surface area contributed by atoms with E-state index in [1.54, 1.807) is 12.0 Å². The Bertz CT molecular complexity index is 647. The molecule has 0 aromatic heterocycles. The molecule has 1 atom stereocenters. The third-order valence-electron chi connectivity index (χ3n) is 4.49. The van der Waals surface area contributed by atoms with Crippen molar-refractivity contribution in [1.29, 1.82) is 0 Å². The molecule has 1 aliphatic heterocycles. The average molecular weight is 347 g/mol. The van der Waals surface area contributed by atoms with Crippen LogP contribution in [0.2, 0.25) is 0 Å². The highest BCUT2D eigenvalue weighted by Crippen LogP contribution is 2.20. The predicted octanol–water partition coefficient (Wildman–Crippen LogP) is 0.433. The fourth-order valence-corrected chi connectivity index (χ4v) is 3.09. The van der Waals surface area contributed by atoms with E-state index in [-0.39, 0.29) is 24.3 Å². The fraction of sp³-hybridized carbons (Fsp3) is 0.500. The lowest BCUT2D eigenvalue weighted by molar-refractivity contribution is -0.147. The zero-order chi connectivity index (χ0) is 18.4. The van der Waals surface area contributed by atoms with Crippen LogP contribution in [-0.4, -0.2) is 67.4 Å². The maximum Gasteiger partial charge on any atom is 0.244 e. The van der Waals surface area contributed by atoms with Gasteiger partial charge < -0.3 is 19.9 Å². The quantitative estimate of drug-likeness (QED) is 0.838. The number of carbonyl (C=O) groups is 3. The van der Waals surface area contributed by atoms with Crippen molar-refractivity contribution in [3.8, 4) is 5.75 Å². The number of hydrogen-bond acceptors (Lipinski definition) is 4. The predicted molar refractivity (Wildman–Crippen MR) is 93.1 cm³/mol.